The van der Waals surface area contributed by atoms with Crippen LogP contribution >= 0.6 is 11.8 Å². The highest BCUT2D eigenvalue weighted by atomic mass is 32.2. The fourth-order valence-corrected chi connectivity index (χ4v) is 4.37. The first kappa shape index (κ1) is 18.3. The summed E-state index contributed by atoms with van der Waals surface area (Å²) in [5, 5.41) is 1.35. The van der Waals surface area contributed by atoms with Crippen LogP contribution < -0.4 is 5.73 Å². The predicted octanol–water partition coefficient (Wildman–Crippen LogP) is 3.52. The number of hydrogen-bond donors (Lipinski definition) is 2. The van der Waals surface area contributed by atoms with E-state index in [1.54, 1.807) is 11.8 Å². The maximum Gasteiger partial charge on any atom is 0.239 e. The fraction of sp³-hybridized carbons (Fsp3) is 0.550. The van der Waals surface area contributed by atoms with Crippen LogP contribution in [-0.2, 0) is 11.2 Å². The number of carbonyl (C=O) groups excluding carboxylic acids is 1. The van der Waals surface area contributed by atoms with Crippen molar-refractivity contribution in [1.29, 1.82) is 0 Å². The number of carbonyl (C=O) groups is 1. The normalized spacial score (nSPS) is 17.2. The summed E-state index contributed by atoms with van der Waals surface area (Å²) in [7, 11) is 0. The summed E-state index contributed by atoms with van der Waals surface area (Å²) in [6.45, 7) is 3.83. The van der Waals surface area contributed by atoms with E-state index in [4.69, 9.17) is 5.73 Å². The average molecular weight is 360 g/mol. The summed E-state index contributed by atoms with van der Waals surface area (Å²) in [5.41, 5.74) is 10.1. The summed E-state index contributed by atoms with van der Waals surface area (Å²) in [4.78, 5) is 17.9. The van der Waals surface area contributed by atoms with E-state index in [0.29, 0.717) is 5.92 Å². The molecule has 25 heavy (non-hydrogen) atoms. The van der Waals surface area contributed by atoms with Crippen LogP contribution in [0.4, 0.5) is 0 Å². The lowest BCUT2D eigenvalue weighted by molar-refractivity contribution is -0.133. The Morgan fingerprint density at radius 3 is 2.84 bits per heavy atom. The second-order valence-corrected chi connectivity index (χ2v) is 7.91. The molecule has 136 valence electrons. The van der Waals surface area contributed by atoms with Crippen LogP contribution in [0, 0.1) is 0 Å². The second kappa shape index (κ2) is 8.28. The summed E-state index contributed by atoms with van der Waals surface area (Å²) in [5.74, 6) is 1.59. The van der Waals surface area contributed by atoms with Gasteiger partial charge in [-0.2, -0.15) is 11.8 Å². The molecular weight excluding hydrogens is 330 g/mol. The molecule has 0 spiro atoms. The largest absolute Gasteiger partial charge is 0.361 e. The van der Waals surface area contributed by atoms with Crippen molar-refractivity contribution in [3.8, 4) is 0 Å². The van der Waals surface area contributed by atoms with E-state index in [1.807, 2.05) is 11.2 Å². The summed E-state index contributed by atoms with van der Waals surface area (Å²) < 4.78 is 0. The van der Waals surface area contributed by atoms with Gasteiger partial charge in [0.15, 0.2) is 0 Å². The molecule has 1 saturated heterocycles. The quantitative estimate of drug-likeness (QED) is 0.829. The Kier molecular flexibility index (Phi) is 6.07. The van der Waals surface area contributed by atoms with Crippen molar-refractivity contribution < 1.29 is 4.79 Å². The zero-order valence-corrected chi connectivity index (χ0v) is 16.1. The number of fused-ring (bicyclic) bond motifs is 1. The van der Waals surface area contributed by atoms with Gasteiger partial charge < -0.3 is 15.6 Å². The standard InChI is InChI=1S/C20H29N3OS/c1-3-14-5-4-6-16-17(13-22-19(14)16)15-7-10-23(11-8-15)20(24)18(21)9-12-25-2/h4-6,13,15,18,22H,3,7-12,21H2,1-2H3. The summed E-state index contributed by atoms with van der Waals surface area (Å²) >= 11 is 1.74. The third kappa shape index (κ3) is 3.87. The van der Waals surface area contributed by atoms with Gasteiger partial charge in [-0.05, 0) is 54.7 Å². The molecule has 1 aliphatic heterocycles. The van der Waals surface area contributed by atoms with Crippen molar-refractivity contribution in [2.75, 3.05) is 25.1 Å². The molecule has 2 aromatic rings. The Morgan fingerprint density at radius 2 is 2.16 bits per heavy atom. The Balaban J connectivity index is 1.66. The number of amides is 1. The number of aromatic nitrogens is 1. The molecule has 1 unspecified atom stereocenters. The van der Waals surface area contributed by atoms with E-state index in [-0.39, 0.29) is 11.9 Å². The van der Waals surface area contributed by atoms with Crippen LogP contribution in [0.2, 0.25) is 0 Å². The number of hydrogen-bond acceptors (Lipinski definition) is 3. The van der Waals surface area contributed by atoms with Gasteiger partial charge >= 0.3 is 0 Å². The highest BCUT2D eigenvalue weighted by molar-refractivity contribution is 7.98. The van der Waals surface area contributed by atoms with Gasteiger partial charge in [0.05, 0.1) is 6.04 Å². The Bertz CT molecular complexity index is 719. The zero-order valence-electron chi connectivity index (χ0n) is 15.3. The summed E-state index contributed by atoms with van der Waals surface area (Å²) in [6, 6.07) is 6.22. The number of likely N-dealkylation sites (tertiary alicyclic amines) is 1. The van der Waals surface area contributed by atoms with Crippen LogP contribution in [0.15, 0.2) is 24.4 Å². The maximum atomic E-state index is 12.5. The van der Waals surface area contributed by atoms with Gasteiger partial charge in [-0.1, -0.05) is 25.1 Å². The molecule has 0 saturated carbocycles. The summed E-state index contributed by atoms with van der Waals surface area (Å²) in [6.07, 6.45) is 8.07. The molecule has 1 amide bonds. The van der Waals surface area contributed by atoms with Gasteiger partial charge in [0, 0.05) is 30.2 Å². The minimum atomic E-state index is -0.343. The highest BCUT2D eigenvalue weighted by Gasteiger charge is 2.28. The number of nitrogens with two attached hydrogens (primary N) is 1. The van der Waals surface area contributed by atoms with E-state index in [9.17, 15) is 4.79 Å². The molecule has 0 bridgehead atoms. The van der Waals surface area contributed by atoms with Gasteiger partial charge in [-0.25, -0.2) is 0 Å². The molecule has 1 fully saturated rings. The minimum absolute atomic E-state index is 0.125. The molecule has 1 aliphatic rings. The van der Waals surface area contributed by atoms with E-state index in [2.05, 4.69) is 36.3 Å². The van der Waals surface area contributed by atoms with Crippen LogP contribution in [0.5, 0.6) is 0 Å². The van der Waals surface area contributed by atoms with Gasteiger partial charge in [0.25, 0.3) is 0 Å². The Hall–Kier alpha value is -1.46. The Labute approximate surface area is 154 Å². The van der Waals surface area contributed by atoms with Crippen LogP contribution in [0.1, 0.15) is 43.2 Å². The lowest BCUT2D eigenvalue weighted by Gasteiger charge is -2.33. The first-order valence-electron chi connectivity index (χ1n) is 9.27. The van der Waals surface area contributed by atoms with Crippen molar-refractivity contribution in [3.63, 3.8) is 0 Å². The van der Waals surface area contributed by atoms with Crippen molar-refractivity contribution in [1.82, 2.24) is 9.88 Å². The minimum Gasteiger partial charge on any atom is -0.361 e. The SMILES string of the molecule is CCc1cccc2c(C3CCN(C(=O)C(N)CCSC)CC3)c[nH]c12. The number of piperidine rings is 1. The van der Waals surface area contributed by atoms with E-state index >= 15 is 0 Å². The van der Waals surface area contributed by atoms with Gasteiger partial charge in [0.1, 0.15) is 0 Å². The molecule has 1 aromatic heterocycles. The monoisotopic (exact) mass is 359 g/mol. The van der Waals surface area contributed by atoms with Crippen molar-refractivity contribution >= 4 is 28.6 Å². The molecule has 0 aliphatic carbocycles. The number of aryl methyl sites for hydroxylation is 1. The molecule has 1 atom stereocenters. The van der Waals surface area contributed by atoms with Crippen LogP contribution in [0.3, 0.4) is 0 Å². The van der Waals surface area contributed by atoms with Gasteiger partial charge in [-0.15, -0.1) is 0 Å². The molecule has 4 nitrogen and oxygen atoms in total. The highest BCUT2D eigenvalue weighted by Crippen LogP contribution is 2.34. The van der Waals surface area contributed by atoms with Crippen LogP contribution in [-0.4, -0.2) is 46.9 Å². The van der Waals surface area contributed by atoms with Crippen LogP contribution in [0.25, 0.3) is 10.9 Å². The van der Waals surface area contributed by atoms with Crippen molar-refractivity contribution in [3.05, 3.63) is 35.5 Å². The average Bonchev–Trinajstić information content (AvgIpc) is 3.09. The smallest absolute Gasteiger partial charge is 0.239 e. The topological polar surface area (TPSA) is 62.1 Å². The van der Waals surface area contributed by atoms with Gasteiger partial charge in [0.2, 0.25) is 5.91 Å². The first-order valence-corrected chi connectivity index (χ1v) is 10.7. The third-order valence-electron chi connectivity index (χ3n) is 5.41. The first-order chi connectivity index (χ1) is 12.2. The van der Waals surface area contributed by atoms with Gasteiger partial charge in [-0.3, -0.25) is 4.79 Å². The number of H-pyrrole nitrogens is 1. The predicted molar refractivity (Wildman–Crippen MR) is 107 cm³/mol. The fourth-order valence-electron chi connectivity index (χ4n) is 3.88. The maximum absolute atomic E-state index is 12.5. The molecule has 1 aromatic carbocycles. The lowest BCUT2D eigenvalue weighted by Crippen LogP contribution is -2.47. The zero-order chi connectivity index (χ0) is 17.8. The number of nitrogens with one attached hydrogen (secondary N) is 1. The third-order valence-corrected chi connectivity index (χ3v) is 6.06. The second-order valence-electron chi connectivity index (χ2n) is 6.92. The number of nitrogens with zero attached hydrogens (tertiary/aromatic N) is 1. The molecule has 2 heterocycles. The number of thioether (sulfide) groups is 1. The number of benzene rings is 1. The van der Waals surface area contributed by atoms with Crippen molar-refractivity contribution in [2.45, 2.75) is 44.6 Å². The number of aromatic amines is 1. The lowest BCUT2D eigenvalue weighted by atomic mass is 9.88. The number of para-hydroxylation sites is 1. The molecule has 3 rings (SSSR count). The van der Waals surface area contributed by atoms with E-state index in [1.165, 1.54) is 22.0 Å². The molecular formula is C20H29N3OS. The Morgan fingerprint density at radius 1 is 1.40 bits per heavy atom. The van der Waals surface area contributed by atoms with Crippen molar-refractivity contribution in [2.24, 2.45) is 5.73 Å². The molecule has 5 heteroatoms. The number of rotatable bonds is 6. The molecule has 0 radical (unpaired) electrons. The van der Waals surface area contributed by atoms with E-state index < -0.39 is 0 Å². The molecule has 3 N–H and O–H groups in total. The van der Waals surface area contributed by atoms with E-state index in [0.717, 1.165) is 44.5 Å².